The number of hydrogen-bond donors (Lipinski definition) is 1. The first kappa shape index (κ1) is 17.6. The molecule has 1 aromatic rings. The lowest BCUT2D eigenvalue weighted by atomic mass is 9.98. The second-order valence-electron chi connectivity index (χ2n) is 6.67. The molecule has 0 bridgehead atoms. The molecule has 0 aliphatic carbocycles. The van der Waals surface area contributed by atoms with Crippen molar-refractivity contribution in [3.63, 3.8) is 0 Å². The van der Waals surface area contributed by atoms with Gasteiger partial charge in [0.15, 0.2) is 5.13 Å². The molecule has 2 aliphatic heterocycles. The van der Waals surface area contributed by atoms with E-state index in [0.717, 1.165) is 50.1 Å². The molecule has 2 saturated heterocycles. The minimum atomic E-state index is 0.134. The van der Waals surface area contributed by atoms with Crippen LogP contribution in [0.2, 0.25) is 0 Å². The van der Waals surface area contributed by atoms with Gasteiger partial charge in [-0.2, -0.15) is 0 Å². The molecule has 1 aromatic heterocycles. The molecule has 2 aliphatic rings. The number of carbonyl (C=O) groups is 1. The molecule has 7 heteroatoms. The molecule has 1 N–H and O–H groups in total. The third-order valence-electron chi connectivity index (χ3n) is 4.91. The number of rotatable bonds is 6. The Morgan fingerprint density at radius 2 is 2.21 bits per heavy atom. The van der Waals surface area contributed by atoms with Crippen LogP contribution < -0.4 is 10.2 Å². The Balaban J connectivity index is 1.39. The van der Waals surface area contributed by atoms with Crippen molar-refractivity contribution >= 4 is 22.4 Å². The zero-order valence-corrected chi connectivity index (χ0v) is 15.3. The largest absolute Gasteiger partial charge is 0.378 e. The van der Waals surface area contributed by atoms with E-state index in [-0.39, 0.29) is 5.91 Å². The van der Waals surface area contributed by atoms with Gasteiger partial charge in [-0.1, -0.05) is 6.42 Å². The highest BCUT2D eigenvalue weighted by Gasteiger charge is 2.19. The highest BCUT2D eigenvalue weighted by Crippen LogP contribution is 2.21. The topological polar surface area (TPSA) is 57.7 Å². The number of morpholine rings is 1. The van der Waals surface area contributed by atoms with Gasteiger partial charge in [0.25, 0.3) is 0 Å². The quantitative estimate of drug-likeness (QED) is 0.847. The summed E-state index contributed by atoms with van der Waals surface area (Å²) in [6.45, 7) is 5.01. The lowest BCUT2D eigenvalue weighted by Gasteiger charge is -2.32. The van der Waals surface area contributed by atoms with Gasteiger partial charge in [0.2, 0.25) is 5.91 Å². The Morgan fingerprint density at radius 1 is 1.38 bits per heavy atom. The summed E-state index contributed by atoms with van der Waals surface area (Å²) in [5.74, 6) is 0.134. The number of carbonyl (C=O) groups excluding carboxylic acids is 1. The molecule has 0 radical (unpaired) electrons. The van der Waals surface area contributed by atoms with Gasteiger partial charge < -0.3 is 19.9 Å². The second kappa shape index (κ2) is 8.78. The van der Waals surface area contributed by atoms with Crippen molar-refractivity contribution in [3.8, 4) is 0 Å². The lowest BCUT2D eigenvalue weighted by molar-refractivity contribution is -0.121. The number of nitrogens with one attached hydrogen (secondary N) is 1. The summed E-state index contributed by atoms with van der Waals surface area (Å²) in [4.78, 5) is 21.4. The summed E-state index contributed by atoms with van der Waals surface area (Å²) in [5, 5.41) is 6.09. The maximum atomic E-state index is 12.1. The minimum Gasteiger partial charge on any atom is -0.378 e. The van der Waals surface area contributed by atoms with E-state index in [0.29, 0.717) is 19.0 Å². The predicted octanol–water partition coefficient (Wildman–Crippen LogP) is 1.86. The van der Waals surface area contributed by atoms with Crippen molar-refractivity contribution in [2.24, 2.45) is 0 Å². The highest BCUT2D eigenvalue weighted by molar-refractivity contribution is 7.13. The van der Waals surface area contributed by atoms with E-state index in [4.69, 9.17) is 4.74 Å². The van der Waals surface area contributed by atoms with E-state index in [2.05, 4.69) is 27.1 Å². The smallest absolute Gasteiger partial charge is 0.220 e. The van der Waals surface area contributed by atoms with Crippen LogP contribution in [0.1, 0.15) is 37.8 Å². The van der Waals surface area contributed by atoms with Gasteiger partial charge in [-0.3, -0.25) is 4.79 Å². The summed E-state index contributed by atoms with van der Waals surface area (Å²) in [6.07, 6.45) is 5.36. The van der Waals surface area contributed by atoms with Crippen molar-refractivity contribution in [2.75, 3.05) is 44.8 Å². The number of aromatic nitrogens is 1. The lowest BCUT2D eigenvalue weighted by Crippen LogP contribution is -2.37. The summed E-state index contributed by atoms with van der Waals surface area (Å²) in [6, 6.07) is 0.566. The average Bonchev–Trinajstić information content (AvgIpc) is 3.09. The molecule has 3 heterocycles. The maximum absolute atomic E-state index is 12.1. The van der Waals surface area contributed by atoms with Crippen LogP contribution in [-0.2, 0) is 16.1 Å². The zero-order chi connectivity index (χ0) is 16.8. The molecular formula is C17H28N4O2S. The number of likely N-dealkylation sites (tertiary alicyclic amines) is 1. The Morgan fingerprint density at radius 3 is 3.00 bits per heavy atom. The number of anilines is 1. The van der Waals surface area contributed by atoms with Gasteiger partial charge >= 0.3 is 0 Å². The van der Waals surface area contributed by atoms with E-state index < -0.39 is 0 Å². The molecule has 1 atom stereocenters. The van der Waals surface area contributed by atoms with Crippen LogP contribution >= 0.6 is 11.3 Å². The summed E-state index contributed by atoms with van der Waals surface area (Å²) in [7, 11) is 2.17. The van der Waals surface area contributed by atoms with E-state index in [1.807, 2.05) is 5.38 Å². The van der Waals surface area contributed by atoms with Crippen molar-refractivity contribution < 1.29 is 9.53 Å². The predicted molar refractivity (Wildman–Crippen MR) is 96.5 cm³/mol. The van der Waals surface area contributed by atoms with Gasteiger partial charge in [0.05, 0.1) is 25.5 Å². The Labute approximate surface area is 148 Å². The van der Waals surface area contributed by atoms with Crippen molar-refractivity contribution in [3.05, 3.63) is 11.1 Å². The van der Waals surface area contributed by atoms with E-state index in [1.54, 1.807) is 11.3 Å². The van der Waals surface area contributed by atoms with E-state index in [1.165, 1.54) is 19.3 Å². The summed E-state index contributed by atoms with van der Waals surface area (Å²) in [5.41, 5.74) is 0.949. The van der Waals surface area contributed by atoms with E-state index in [9.17, 15) is 4.79 Å². The third kappa shape index (κ3) is 4.91. The van der Waals surface area contributed by atoms with Gasteiger partial charge in [0.1, 0.15) is 0 Å². The van der Waals surface area contributed by atoms with Gasteiger partial charge in [-0.15, -0.1) is 11.3 Å². The monoisotopic (exact) mass is 352 g/mol. The number of thiazole rings is 1. The van der Waals surface area contributed by atoms with Crippen LogP contribution in [0.15, 0.2) is 5.38 Å². The first-order valence-corrected chi connectivity index (χ1v) is 9.84. The van der Waals surface area contributed by atoms with Crippen LogP contribution in [0.3, 0.4) is 0 Å². The van der Waals surface area contributed by atoms with Gasteiger partial charge in [-0.25, -0.2) is 4.98 Å². The number of nitrogens with zero attached hydrogens (tertiary/aromatic N) is 3. The van der Waals surface area contributed by atoms with Gasteiger partial charge in [0, 0.05) is 30.9 Å². The first-order valence-electron chi connectivity index (χ1n) is 8.96. The molecule has 0 spiro atoms. The first-order chi connectivity index (χ1) is 11.7. The standard InChI is InChI=1S/C17H28N4O2S/c1-20-7-3-2-4-15(20)5-6-16(22)18-12-14-13-24-17(19-14)21-8-10-23-11-9-21/h13,15H,2-12H2,1H3,(H,18,22)/t15-/m1/s1. The zero-order valence-electron chi connectivity index (χ0n) is 14.5. The van der Waals surface area contributed by atoms with Crippen LogP contribution in [-0.4, -0.2) is 61.7 Å². The fourth-order valence-corrected chi connectivity index (χ4v) is 4.24. The number of hydrogen-bond acceptors (Lipinski definition) is 6. The van der Waals surface area contributed by atoms with Crippen molar-refractivity contribution in [1.29, 1.82) is 0 Å². The third-order valence-corrected chi connectivity index (χ3v) is 5.86. The van der Waals surface area contributed by atoms with Gasteiger partial charge in [-0.05, 0) is 32.9 Å². The number of amides is 1. The molecule has 0 unspecified atom stereocenters. The average molecular weight is 353 g/mol. The molecule has 0 aromatic carbocycles. The molecule has 24 heavy (non-hydrogen) atoms. The SMILES string of the molecule is CN1CCCC[C@@H]1CCC(=O)NCc1csc(N2CCOCC2)n1. The summed E-state index contributed by atoms with van der Waals surface area (Å²) < 4.78 is 5.37. The highest BCUT2D eigenvalue weighted by atomic mass is 32.1. The Bertz CT molecular complexity index is 530. The Hall–Kier alpha value is -1.18. The van der Waals surface area contributed by atoms with Crippen LogP contribution in [0.25, 0.3) is 0 Å². The van der Waals surface area contributed by atoms with Crippen molar-refractivity contribution in [1.82, 2.24) is 15.2 Å². The molecule has 0 saturated carbocycles. The Kier molecular flexibility index (Phi) is 6.45. The molecule has 6 nitrogen and oxygen atoms in total. The van der Waals surface area contributed by atoms with Crippen LogP contribution in [0, 0.1) is 0 Å². The number of piperidine rings is 1. The van der Waals surface area contributed by atoms with Crippen LogP contribution in [0.4, 0.5) is 5.13 Å². The fourth-order valence-electron chi connectivity index (χ4n) is 3.36. The number of ether oxygens (including phenoxy) is 1. The van der Waals surface area contributed by atoms with E-state index >= 15 is 0 Å². The normalized spacial score (nSPS) is 22.5. The van der Waals surface area contributed by atoms with Crippen molar-refractivity contribution in [2.45, 2.75) is 44.7 Å². The second-order valence-corrected chi connectivity index (χ2v) is 7.50. The fraction of sp³-hybridized carbons (Fsp3) is 0.765. The van der Waals surface area contributed by atoms with Crippen LogP contribution in [0.5, 0.6) is 0 Å². The molecule has 1 amide bonds. The molecule has 134 valence electrons. The minimum absolute atomic E-state index is 0.134. The maximum Gasteiger partial charge on any atom is 0.220 e. The molecular weight excluding hydrogens is 324 g/mol. The summed E-state index contributed by atoms with van der Waals surface area (Å²) >= 11 is 1.65. The molecule has 2 fully saturated rings. The molecule has 3 rings (SSSR count).